The molecule has 1 amide bonds. The largest absolute Gasteiger partial charge is 0.352 e. The molecule has 31 heavy (non-hydrogen) atoms. The quantitative estimate of drug-likeness (QED) is 0.456. The first-order valence-corrected chi connectivity index (χ1v) is 11.6. The Balaban J connectivity index is 1.27. The number of likely N-dealkylation sites (tertiary alicyclic amines) is 1. The highest BCUT2D eigenvalue weighted by atomic mass is 32.1. The van der Waals surface area contributed by atoms with E-state index in [1.54, 1.807) is 28.8 Å². The van der Waals surface area contributed by atoms with Crippen molar-refractivity contribution in [2.24, 2.45) is 0 Å². The molecular formula is C23H24FN5OS. The Labute approximate surface area is 183 Å². The van der Waals surface area contributed by atoms with E-state index in [9.17, 15) is 9.18 Å². The van der Waals surface area contributed by atoms with Gasteiger partial charge in [-0.1, -0.05) is 29.9 Å². The van der Waals surface area contributed by atoms with Crippen LogP contribution in [-0.4, -0.2) is 51.6 Å². The Morgan fingerprint density at radius 1 is 1.13 bits per heavy atom. The first-order chi connectivity index (χ1) is 15.2. The van der Waals surface area contributed by atoms with Crippen LogP contribution in [-0.2, 0) is 0 Å². The molecule has 3 heterocycles. The van der Waals surface area contributed by atoms with Gasteiger partial charge in [-0.05, 0) is 69.2 Å². The molecule has 2 aromatic carbocycles. The predicted molar refractivity (Wildman–Crippen MR) is 121 cm³/mol. The van der Waals surface area contributed by atoms with Crippen LogP contribution >= 0.6 is 11.3 Å². The van der Waals surface area contributed by atoms with Crippen molar-refractivity contribution in [3.8, 4) is 11.4 Å². The summed E-state index contributed by atoms with van der Waals surface area (Å²) in [6.45, 7) is 4.07. The molecule has 160 valence electrons. The lowest BCUT2D eigenvalue weighted by Gasteiger charge is -2.26. The molecule has 5 rings (SSSR count). The summed E-state index contributed by atoms with van der Waals surface area (Å²) < 4.78 is 16.7. The molecule has 2 aromatic heterocycles. The van der Waals surface area contributed by atoms with Crippen LogP contribution in [0.4, 0.5) is 4.39 Å². The zero-order valence-corrected chi connectivity index (χ0v) is 18.0. The van der Waals surface area contributed by atoms with Crippen molar-refractivity contribution in [1.82, 2.24) is 24.8 Å². The summed E-state index contributed by atoms with van der Waals surface area (Å²) in [6.07, 6.45) is 4.87. The van der Waals surface area contributed by atoms with E-state index in [-0.39, 0.29) is 11.7 Å². The number of aromatic nitrogens is 3. The van der Waals surface area contributed by atoms with Crippen molar-refractivity contribution in [1.29, 1.82) is 0 Å². The molecule has 8 heteroatoms. The Kier molecular flexibility index (Phi) is 5.65. The number of hydrogen-bond acceptors (Lipinski definition) is 5. The van der Waals surface area contributed by atoms with Crippen molar-refractivity contribution >= 4 is 32.4 Å². The van der Waals surface area contributed by atoms with Crippen LogP contribution in [0, 0.1) is 5.82 Å². The van der Waals surface area contributed by atoms with Crippen molar-refractivity contribution in [2.45, 2.75) is 25.7 Å². The number of amides is 1. The molecule has 0 aliphatic carbocycles. The highest BCUT2D eigenvalue weighted by Gasteiger charge is 2.16. The number of carbonyl (C=O) groups is 1. The second-order valence-electron chi connectivity index (χ2n) is 7.91. The van der Waals surface area contributed by atoms with Crippen LogP contribution in [0.5, 0.6) is 0 Å². The van der Waals surface area contributed by atoms with E-state index in [1.807, 2.05) is 12.1 Å². The fourth-order valence-corrected chi connectivity index (χ4v) is 5.08. The van der Waals surface area contributed by atoms with Gasteiger partial charge in [0, 0.05) is 12.1 Å². The molecule has 0 spiro atoms. The van der Waals surface area contributed by atoms with Crippen LogP contribution < -0.4 is 5.32 Å². The van der Waals surface area contributed by atoms with Gasteiger partial charge in [-0.2, -0.15) is 4.98 Å². The lowest BCUT2D eigenvalue weighted by molar-refractivity contribution is 0.0951. The van der Waals surface area contributed by atoms with Crippen molar-refractivity contribution in [3.05, 3.63) is 53.8 Å². The van der Waals surface area contributed by atoms with Crippen molar-refractivity contribution in [3.63, 3.8) is 0 Å². The van der Waals surface area contributed by atoms with Crippen LogP contribution in [0.15, 0.2) is 42.5 Å². The molecule has 1 N–H and O–H groups in total. The van der Waals surface area contributed by atoms with Gasteiger partial charge >= 0.3 is 0 Å². The zero-order valence-electron chi connectivity index (χ0n) is 17.2. The van der Waals surface area contributed by atoms with Gasteiger partial charge in [0.05, 0.1) is 15.8 Å². The summed E-state index contributed by atoms with van der Waals surface area (Å²) in [5.41, 5.74) is 1.87. The molecule has 0 atom stereocenters. The topological polar surface area (TPSA) is 62.5 Å². The lowest BCUT2D eigenvalue weighted by atomic mass is 10.1. The van der Waals surface area contributed by atoms with E-state index < -0.39 is 0 Å². The SMILES string of the molecule is O=C(NCCCN1CCCCC1)c1ccc2c(c1)sc1nc(-c3ccccc3F)nn12. The van der Waals surface area contributed by atoms with Crippen LogP contribution in [0.25, 0.3) is 26.6 Å². The Morgan fingerprint density at radius 3 is 2.81 bits per heavy atom. The molecule has 1 fully saturated rings. The predicted octanol–water partition coefficient (Wildman–Crippen LogP) is 4.36. The molecule has 0 saturated carbocycles. The van der Waals surface area contributed by atoms with E-state index in [1.165, 1.54) is 49.8 Å². The average molecular weight is 438 g/mol. The minimum atomic E-state index is -0.343. The van der Waals surface area contributed by atoms with E-state index >= 15 is 0 Å². The normalized spacial score (nSPS) is 15.0. The maximum Gasteiger partial charge on any atom is 0.251 e. The molecule has 0 radical (unpaired) electrons. The first kappa shape index (κ1) is 20.1. The van der Waals surface area contributed by atoms with Crippen molar-refractivity contribution in [2.75, 3.05) is 26.2 Å². The molecule has 1 saturated heterocycles. The summed E-state index contributed by atoms with van der Waals surface area (Å²) in [6, 6.07) is 12.0. The number of thiazole rings is 1. The summed E-state index contributed by atoms with van der Waals surface area (Å²) in [5, 5.41) is 7.51. The maximum absolute atomic E-state index is 14.1. The van der Waals surface area contributed by atoms with Crippen molar-refractivity contribution < 1.29 is 9.18 Å². The second-order valence-corrected chi connectivity index (χ2v) is 8.92. The number of halogens is 1. The number of hydrogen-bond donors (Lipinski definition) is 1. The van der Waals surface area contributed by atoms with E-state index in [2.05, 4.69) is 20.3 Å². The summed E-state index contributed by atoms with van der Waals surface area (Å²) in [4.78, 5) is 20.2. The van der Waals surface area contributed by atoms with Gasteiger partial charge in [-0.25, -0.2) is 8.91 Å². The average Bonchev–Trinajstić information content (AvgIpc) is 3.35. The molecule has 1 aliphatic rings. The van der Waals surface area contributed by atoms with Crippen LogP contribution in [0.2, 0.25) is 0 Å². The highest BCUT2D eigenvalue weighted by Crippen LogP contribution is 2.29. The van der Waals surface area contributed by atoms with E-state index in [0.717, 1.165) is 23.2 Å². The van der Waals surface area contributed by atoms with Crippen LogP contribution in [0.1, 0.15) is 36.0 Å². The second kappa shape index (κ2) is 8.72. The molecule has 0 bridgehead atoms. The maximum atomic E-state index is 14.1. The zero-order chi connectivity index (χ0) is 21.2. The standard InChI is InChI=1S/C23H24FN5OS/c24-18-8-3-2-7-17(18)21-26-23-29(27-21)19-10-9-16(15-20(19)31-23)22(30)25-11-6-14-28-12-4-1-5-13-28/h2-3,7-10,15H,1,4-6,11-14H2,(H,25,30). The summed E-state index contributed by atoms with van der Waals surface area (Å²) in [7, 11) is 0. The molecule has 4 aromatic rings. The number of piperidine rings is 1. The number of benzene rings is 2. The third-order valence-electron chi connectivity index (χ3n) is 5.73. The number of nitrogens with one attached hydrogen (secondary N) is 1. The minimum absolute atomic E-state index is 0.0633. The monoisotopic (exact) mass is 437 g/mol. The summed E-state index contributed by atoms with van der Waals surface area (Å²) >= 11 is 1.44. The molecule has 0 unspecified atom stereocenters. The third kappa shape index (κ3) is 4.18. The Morgan fingerprint density at radius 2 is 1.97 bits per heavy atom. The smallest absolute Gasteiger partial charge is 0.251 e. The van der Waals surface area contributed by atoms with Gasteiger partial charge < -0.3 is 10.2 Å². The van der Waals surface area contributed by atoms with Gasteiger partial charge in [0.1, 0.15) is 5.82 Å². The van der Waals surface area contributed by atoms with E-state index in [4.69, 9.17) is 0 Å². The van der Waals surface area contributed by atoms with Gasteiger partial charge in [0.25, 0.3) is 5.91 Å². The van der Waals surface area contributed by atoms with Gasteiger partial charge in [0.2, 0.25) is 4.96 Å². The number of fused-ring (bicyclic) bond motifs is 3. The number of carbonyl (C=O) groups excluding carboxylic acids is 1. The summed E-state index contributed by atoms with van der Waals surface area (Å²) in [5.74, 6) is -0.0438. The molecule has 6 nitrogen and oxygen atoms in total. The Hall–Kier alpha value is -2.84. The fraction of sp³-hybridized carbons (Fsp3) is 0.348. The third-order valence-corrected chi connectivity index (χ3v) is 6.72. The van der Waals surface area contributed by atoms with Gasteiger partial charge in [-0.15, -0.1) is 5.10 Å². The number of rotatable bonds is 6. The molecular weight excluding hydrogens is 413 g/mol. The highest BCUT2D eigenvalue weighted by molar-refractivity contribution is 7.23. The fourth-order valence-electron chi connectivity index (χ4n) is 4.08. The number of nitrogens with zero attached hydrogens (tertiary/aromatic N) is 4. The molecule has 1 aliphatic heterocycles. The van der Waals surface area contributed by atoms with Gasteiger partial charge in [-0.3, -0.25) is 4.79 Å². The Bertz CT molecular complexity index is 1230. The van der Waals surface area contributed by atoms with Gasteiger partial charge in [0.15, 0.2) is 5.82 Å². The lowest BCUT2D eigenvalue weighted by Crippen LogP contribution is -2.33. The van der Waals surface area contributed by atoms with Crippen LogP contribution in [0.3, 0.4) is 0 Å². The minimum Gasteiger partial charge on any atom is -0.352 e. The first-order valence-electron chi connectivity index (χ1n) is 10.7. The van der Waals surface area contributed by atoms with E-state index in [0.29, 0.717) is 28.5 Å².